The van der Waals surface area contributed by atoms with Gasteiger partial charge < -0.3 is 0 Å². The van der Waals surface area contributed by atoms with Gasteiger partial charge in [-0.3, -0.25) is 0 Å². The second-order valence-corrected chi connectivity index (χ2v) is 5.54. The van der Waals surface area contributed by atoms with E-state index in [9.17, 15) is 4.39 Å². The summed E-state index contributed by atoms with van der Waals surface area (Å²) in [6, 6.07) is 15.8. The number of aryl methyl sites for hydroxylation is 1. The fourth-order valence-electron chi connectivity index (χ4n) is 2.58. The predicted octanol–water partition coefficient (Wildman–Crippen LogP) is 4.67. The minimum absolute atomic E-state index is 0.242. The van der Waals surface area contributed by atoms with Crippen molar-refractivity contribution in [1.29, 1.82) is 5.26 Å². The Morgan fingerprint density at radius 2 is 1.67 bits per heavy atom. The van der Waals surface area contributed by atoms with Crippen molar-refractivity contribution in [2.75, 3.05) is 0 Å². The Hall–Kier alpha value is -3.19. The maximum atomic E-state index is 13.0. The zero-order valence-corrected chi connectivity index (χ0v) is 13.5. The van der Waals surface area contributed by atoms with E-state index >= 15 is 0 Å². The molecule has 24 heavy (non-hydrogen) atoms. The maximum absolute atomic E-state index is 13.0. The topological polar surface area (TPSA) is 41.6 Å². The largest absolute Gasteiger partial charge is 0.237 e. The number of hydrogen-bond acceptors (Lipinski definition) is 2. The van der Waals surface area contributed by atoms with E-state index in [0.717, 1.165) is 28.2 Å². The lowest BCUT2D eigenvalue weighted by Gasteiger charge is -2.04. The molecule has 0 saturated carbocycles. The van der Waals surface area contributed by atoms with Gasteiger partial charge in [0.15, 0.2) is 0 Å². The number of hydrogen-bond donors (Lipinski definition) is 0. The number of nitrogens with zero attached hydrogens (tertiary/aromatic N) is 3. The Morgan fingerprint density at radius 1 is 1.00 bits per heavy atom. The summed E-state index contributed by atoms with van der Waals surface area (Å²) >= 11 is 0. The molecule has 118 valence electrons. The standard InChI is InChI=1S/C20H16FN3/c1-14-20(12-7-16-3-8-18(21)9-4-16)15(2)24(23-14)19-10-5-17(13-22)6-11-19/h3-12H,1-2H3/b12-7+. The highest BCUT2D eigenvalue weighted by molar-refractivity contribution is 5.72. The highest BCUT2D eigenvalue weighted by atomic mass is 19.1. The van der Waals surface area contributed by atoms with Crippen molar-refractivity contribution in [3.63, 3.8) is 0 Å². The normalized spacial score (nSPS) is 10.9. The minimum Gasteiger partial charge on any atom is -0.237 e. The van der Waals surface area contributed by atoms with Crippen LogP contribution in [-0.4, -0.2) is 9.78 Å². The highest BCUT2D eigenvalue weighted by Crippen LogP contribution is 2.20. The van der Waals surface area contributed by atoms with Crippen LogP contribution in [0.4, 0.5) is 4.39 Å². The molecule has 0 unspecified atom stereocenters. The lowest BCUT2D eigenvalue weighted by molar-refractivity contribution is 0.628. The predicted molar refractivity (Wildman–Crippen MR) is 93.1 cm³/mol. The van der Waals surface area contributed by atoms with Gasteiger partial charge in [0.2, 0.25) is 0 Å². The van der Waals surface area contributed by atoms with Crippen LogP contribution in [0.3, 0.4) is 0 Å². The molecule has 0 saturated heterocycles. The van der Waals surface area contributed by atoms with Crippen LogP contribution in [0.5, 0.6) is 0 Å². The molecule has 0 bridgehead atoms. The van der Waals surface area contributed by atoms with Crippen molar-refractivity contribution >= 4 is 12.2 Å². The van der Waals surface area contributed by atoms with Gasteiger partial charge in [-0.25, -0.2) is 9.07 Å². The van der Waals surface area contributed by atoms with Crippen molar-refractivity contribution in [2.45, 2.75) is 13.8 Å². The second-order valence-electron chi connectivity index (χ2n) is 5.54. The lowest BCUT2D eigenvalue weighted by atomic mass is 10.1. The molecule has 0 atom stereocenters. The van der Waals surface area contributed by atoms with E-state index in [1.54, 1.807) is 24.3 Å². The molecule has 3 aromatic rings. The fraction of sp³-hybridized carbons (Fsp3) is 0.100. The Balaban J connectivity index is 1.94. The molecule has 0 fully saturated rings. The molecule has 2 aromatic carbocycles. The van der Waals surface area contributed by atoms with E-state index in [1.807, 2.05) is 42.8 Å². The Kier molecular flexibility index (Phi) is 4.26. The summed E-state index contributed by atoms with van der Waals surface area (Å²) in [7, 11) is 0. The molecule has 0 N–H and O–H groups in total. The van der Waals surface area contributed by atoms with Crippen LogP contribution in [-0.2, 0) is 0 Å². The van der Waals surface area contributed by atoms with Crippen molar-refractivity contribution in [3.8, 4) is 11.8 Å². The number of aromatic nitrogens is 2. The van der Waals surface area contributed by atoms with E-state index in [2.05, 4.69) is 11.2 Å². The second kappa shape index (κ2) is 6.51. The average molecular weight is 317 g/mol. The summed E-state index contributed by atoms with van der Waals surface area (Å²) < 4.78 is 14.8. The van der Waals surface area contributed by atoms with Crippen LogP contribution in [0.1, 0.15) is 28.1 Å². The van der Waals surface area contributed by atoms with Gasteiger partial charge >= 0.3 is 0 Å². The molecule has 0 amide bonds. The number of nitriles is 1. The van der Waals surface area contributed by atoms with Crippen LogP contribution in [0.15, 0.2) is 48.5 Å². The van der Waals surface area contributed by atoms with Gasteiger partial charge in [0, 0.05) is 11.3 Å². The van der Waals surface area contributed by atoms with Gasteiger partial charge in [-0.1, -0.05) is 24.3 Å². The maximum Gasteiger partial charge on any atom is 0.123 e. The molecule has 0 radical (unpaired) electrons. The van der Waals surface area contributed by atoms with Crippen LogP contribution in [0, 0.1) is 31.0 Å². The summed E-state index contributed by atoms with van der Waals surface area (Å²) in [5.74, 6) is -0.242. The third kappa shape index (κ3) is 3.11. The van der Waals surface area contributed by atoms with Crippen molar-refractivity contribution in [2.24, 2.45) is 0 Å². The zero-order chi connectivity index (χ0) is 17.1. The van der Waals surface area contributed by atoms with Gasteiger partial charge in [-0.2, -0.15) is 10.4 Å². The average Bonchev–Trinajstić information content (AvgIpc) is 2.89. The molecule has 1 aromatic heterocycles. The Bertz CT molecular complexity index is 927. The van der Waals surface area contributed by atoms with Crippen molar-refractivity contribution in [1.82, 2.24) is 9.78 Å². The van der Waals surface area contributed by atoms with Gasteiger partial charge in [0.25, 0.3) is 0 Å². The van der Waals surface area contributed by atoms with Crippen molar-refractivity contribution < 1.29 is 4.39 Å². The van der Waals surface area contributed by atoms with Crippen LogP contribution in [0.2, 0.25) is 0 Å². The highest BCUT2D eigenvalue weighted by Gasteiger charge is 2.10. The first kappa shape index (κ1) is 15.7. The van der Waals surface area contributed by atoms with Gasteiger partial charge in [0.05, 0.1) is 23.0 Å². The van der Waals surface area contributed by atoms with E-state index in [4.69, 9.17) is 5.26 Å². The molecule has 3 nitrogen and oxygen atoms in total. The monoisotopic (exact) mass is 317 g/mol. The van der Waals surface area contributed by atoms with E-state index in [0.29, 0.717) is 5.56 Å². The first-order valence-electron chi connectivity index (χ1n) is 7.59. The molecule has 4 heteroatoms. The fourth-order valence-corrected chi connectivity index (χ4v) is 2.58. The summed E-state index contributed by atoms with van der Waals surface area (Å²) in [6.45, 7) is 3.96. The van der Waals surface area contributed by atoms with E-state index < -0.39 is 0 Å². The molecule has 3 rings (SSSR count). The van der Waals surface area contributed by atoms with Crippen molar-refractivity contribution in [3.05, 3.63) is 82.4 Å². The van der Waals surface area contributed by atoms with Crippen LogP contribution < -0.4 is 0 Å². The van der Waals surface area contributed by atoms with Crippen LogP contribution in [0.25, 0.3) is 17.8 Å². The number of halogens is 1. The summed E-state index contributed by atoms with van der Waals surface area (Å²) in [4.78, 5) is 0. The minimum atomic E-state index is -0.242. The SMILES string of the molecule is Cc1nn(-c2ccc(C#N)cc2)c(C)c1/C=C/c1ccc(F)cc1. The zero-order valence-electron chi connectivity index (χ0n) is 13.5. The summed E-state index contributed by atoms with van der Waals surface area (Å²) in [6.07, 6.45) is 3.94. The lowest BCUT2D eigenvalue weighted by Crippen LogP contribution is -1.99. The molecule has 1 heterocycles. The molecule has 0 aliphatic rings. The van der Waals surface area contributed by atoms with Gasteiger partial charge in [0.1, 0.15) is 5.82 Å². The molecule has 0 aliphatic carbocycles. The first-order chi connectivity index (χ1) is 11.6. The summed E-state index contributed by atoms with van der Waals surface area (Å²) in [5.41, 5.74) is 5.42. The number of benzene rings is 2. The van der Waals surface area contributed by atoms with Gasteiger partial charge in [-0.15, -0.1) is 0 Å². The van der Waals surface area contributed by atoms with E-state index in [1.165, 1.54) is 12.1 Å². The Labute approximate surface area is 140 Å². The molecule has 0 spiro atoms. The molecular formula is C20H16FN3. The quantitative estimate of drug-likeness (QED) is 0.704. The number of rotatable bonds is 3. The van der Waals surface area contributed by atoms with E-state index in [-0.39, 0.29) is 5.82 Å². The molecule has 0 aliphatic heterocycles. The smallest absolute Gasteiger partial charge is 0.123 e. The third-order valence-corrected chi connectivity index (χ3v) is 3.90. The first-order valence-corrected chi connectivity index (χ1v) is 7.59. The Morgan fingerprint density at radius 3 is 2.29 bits per heavy atom. The van der Waals surface area contributed by atoms with Gasteiger partial charge in [-0.05, 0) is 55.8 Å². The molecular weight excluding hydrogens is 301 g/mol. The van der Waals surface area contributed by atoms with Crippen LogP contribution >= 0.6 is 0 Å². The summed E-state index contributed by atoms with van der Waals surface area (Å²) in [5, 5.41) is 13.5. The third-order valence-electron chi connectivity index (χ3n) is 3.90.